The Morgan fingerprint density at radius 2 is 2.12 bits per heavy atom. The fourth-order valence-electron chi connectivity index (χ4n) is 1.71. The molecule has 0 aliphatic heterocycles. The Morgan fingerprint density at radius 1 is 1.47 bits per heavy atom. The number of halogens is 1. The molecule has 2 N–H and O–H groups in total. The van der Waals surface area contributed by atoms with E-state index in [2.05, 4.69) is 19.2 Å². The molecular formula is C13H18FNO2. The van der Waals surface area contributed by atoms with Crippen molar-refractivity contribution in [2.45, 2.75) is 33.2 Å². The van der Waals surface area contributed by atoms with E-state index < -0.39 is 11.8 Å². The second-order valence-corrected chi connectivity index (χ2v) is 4.40. The second kappa shape index (κ2) is 5.66. The SMILES string of the molecule is CCC(Nc1ccc(C(=O)O)cc1F)C(C)C. The Labute approximate surface area is 101 Å². The lowest BCUT2D eigenvalue weighted by Gasteiger charge is -2.22. The predicted molar refractivity (Wildman–Crippen MR) is 65.9 cm³/mol. The maximum Gasteiger partial charge on any atom is 0.335 e. The van der Waals surface area contributed by atoms with Gasteiger partial charge in [-0.3, -0.25) is 0 Å². The number of rotatable bonds is 5. The third-order valence-electron chi connectivity index (χ3n) is 2.80. The molecule has 0 bridgehead atoms. The summed E-state index contributed by atoms with van der Waals surface area (Å²) in [6, 6.07) is 4.10. The minimum atomic E-state index is -1.12. The van der Waals surface area contributed by atoms with Crippen LogP contribution in [0.3, 0.4) is 0 Å². The molecule has 94 valence electrons. The third-order valence-corrected chi connectivity index (χ3v) is 2.80. The number of nitrogens with one attached hydrogen (secondary N) is 1. The number of carboxylic acid groups (broad SMARTS) is 1. The number of anilines is 1. The topological polar surface area (TPSA) is 49.3 Å². The van der Waals surface area contributed by atoms with Gasteiger partial charge >= 0.3 is 5.97 Å². The Kier molecular flexibility index (Phi) is 4.49. The summed E-state index contributed by atoms with van der Waals surface area (Å²) in [6.45, 7) is 6.15. The summed E-state index contributed by atoms with van der Waals surface area (Å²) in [4.78, 5) is 10.7. The molecule has 0 amide bonds. The quantitative estimate of drug-likeness (QED) is 0.828. The maximum atomic E-state index is 13.6. The van der Waals surface area contributed by atoms with Gasteiger partial charge in [-0.15, -0.1) is 0 Å². The van der Waals surface area contributed by atoms with E-state index in [1.54, 1.807) is 0 Å². The first kappa shape index (κ1) is 13.5. The Balaban J connectivity index is 2.89. The number of hydrogen-bond donors (Lipinski definition) is 2. The van der Waals surface area contributed by atoms with Gasteiger partial charge in [-0.25, -0.2) is 9.18 Å². The zero-order valence-corrected chi connectivity index (χ0v) is 10.3. The van der Waals surface area contributed by atoms with E-state index in [1.807, 2.05) is 6.92 Å². The van der Waals surface area contributed by atoms with Crippen molar-refractivity contribution in [2.75, 3.05) is 5.32 Å². The highest BCUT2D eigenvalue weighted by atomic mass is 19.1. The van der Waals surface area contributed by atoms with Gasteiger partial charge < -0.3 is 10.4 Å². The highest BCUT2D eigenvalue weighted by Crippen LogP contribution is 2.20. The van der Waals surface area contributed by atoms with Crippen LogP contribution in [0.25, 0.3) is 0 Å². The van der Waals surface area contributed by atoms with Crippen molar-refractivity contribution in [2.24, 2.45) is 5.92 Å². The molecule has 1 aromatic rings. The molecule has 3 nitrogen and oxygen atoms in total. The summed E-state index contributed by atoms with van der Waals surface area (Å²) in [5.41, 5.74) is 0.321. The number of hydrogen-bond acceptors (Lipinski definition) is 2. The Hall–Kier alpha value is -1.58. The van der Waals surface area contributed by atoms with Crippen LogP contribution in [0, 0.1) is 11.7 Å². The van der Waals surface area contributed by atoms with Gasteiger partial charge in [-0.05, 0) is 30.5 Å². The lowest BCUT2D eigenvalue weighted by molar-refractivity contribution is 0.0696. The van der Waals surface area contributed by atoms with Gasteiger partial charge in [0.15, 0.2) is 0 Å². The monoisotopic (exact) mass is 239 g/mol. The van der Waals surface area contributed by atoms with E-state index in [4.69, 9.17) is 5.11 Å². The lowest BCUT2D eigenvalue weighted by Crippen LogP contribution is -2.25. The molecular weight excluding hydrogens is 221 g/mol. The van der Waals surface area contributed by atoms with Gasteiger partial charge in [0.25, 0.3) is 0 Å². The van der Waals surface area contributed by atoms with Crippen molar-refractivity contribution in [3.8, 4) is 0 Å². The van der Waals surface area contributed by atoms with Crippen molar-refractivity contribution >= 4 is 11.7 Å². The van der Waals surface area contributed by atoms with Crippen LogP contribution < -0.4 is 5.32 Å². The van der Waals surface area contributed by atoms with Gasteiger partial charge in [-0.1, -0.05) is 20.8 Å². The van der Waals surface area contributed by atoms with Crippen molar-refractivity contribution < 1.29 is 14.3 Å². The first-order valence-electron chi connectivity index (χ1n) is 5.75. The van der Waals surface area contributed by atoms with Crippen molar-refractivity contribution in [3.05, 3.63) is 29.6 Å². The molecule has 1 unspecified atom stereocenters. The van der Waals surface area contributed by atoms with Crippen LogP contribution in [0.2, 0.25) is 0 Å². The number of benzene rings is 1. The molecule has 0 aromatic heterocycles. The first-order chi connectivity index (χ1) is 7.95. The Bertz CT molecular complexity index is 404. The van der Waals surface area contributed by atoms with Gasteiger partial charge in [-0.2, -0.15) is 0 Å². The highest BCUT2D eigenvalue weighted by molar-refractivity contribution is 5.88. The largest absolute Gasteiger partial charge is 0.478 e. The van der Waals surface area contributed by atoms with E-state index in [0.29, 0.717) is 11.6 Å². The minimum absolute atomic E-state index is 0.0364. The number of carboxylic acids is 1. The van der Waals surface area contributed by atoms with Crippen molar-refractivity contribution in [3.63, 3.8) is 0 Å². The summed E-state index contributed by atoms with van der Waals surface area (Å²) in [5, 5.41) is 11.8. The summed E-state index contributed by atoms with van der Waals surface area (Å²) in [7, 11) is 0. The number of carbonyl (C=O) groups is 1. The first-order valence-corrected chi connectivity index (χ1v) is 5.75. The van der Waals surface area contributed by atoms with Crippen LogP contribution in [0.5, 0.6) is 0 Å². The molecule has 1 atom stereocenters. The standard InChI is InChI=1S/C13H18FNO2/c1-4-11(8(2)3)15-12-6-5-9(13(16)17)7-10(12)14/h5-8,11,15H,4H2,1-3H3,(H,16,17). The molecule has 0 saturated heterocycles. The fourth-order valence-corrected chi connectivity index (χ4v) is 1.71. The predicted octanol–water partition coefficient (Wildman–Crippen LogP) is 3.37. The van der Waals surface area contributed by atoms with Crippen LogP contribution in [0.4, 0.5) is 10.1 Å². The molecule has 0 heterocycles. The molecule has 1 aromatic carbocycles. The van der Waals surface area contributed by atoms with Gasteiger partial charge in [0.2, 0.25) is 0 Å². The van der Waals surface area contributed by atoms with Crippen LogP contribution in [-0.4, -0.2) is 17.1 Å². The van der Waals surface area contributed by atoms with Crippen LogP contribution in [0.15, 0.2) is 18.2 Å². The van der Waals surface area contributed by atoms with Crippen LogP contribution in [0.1, 0.15) is 37.6 Å². The molecule has 4 heteroatoms. The van der Waals surface area contributed by atoms with Crippen molar-refractivity contribution in [1.82, 2.24) is 0 Å². The average Bonchev–Trinajstić information content (AvgIpc) is 2.26. The smallest absolute Gasteiger partial charge is 0.335 e. The minimum Gasteiger partial charge on any atom is -0.478 e. The van der Waals surface area contributed by atoms with E-state index >= 15 is 0 Å². The highest BCUT2D eigenvalue weighted by Gasteiger charge is 2.14. The Morgan fingerprint density at radius 3 is 2.53 bits per heavy atom. The molecule has 17 heavy (non-hydrogen) atoms. The van der Waals surface area contributed by atoms with E-state index in [9.17, 15) is 9.18 Å². The van der Waals surface area contributed by atoms with Crippen LogP contribution >= 0.6 is 0 Å². The molecule has 0 fully saturated rings. The van der Waals surface area contributed by atoms with E-state index in [1.165, 1.54) is 12.1 Å². The molecule has 0 saturated carbocycles. The summed E-state index contributed by atoms with van der Waals surface area (Å²) >= 11 is 0. The van der Waals surface area contributed by atoms with E-state index in [0.717, 1.165) is 12.5 Å². The zero-order chi connectivity index (χ0) is 13.0. The van der Waals surface area contributed by atoms with Gasteiger partial charge in [0.1, 0.15) is 5.82 Å². The van der Waals surface area contributed by atoms with E-state index in [-0.39, 0.29) is 11.6 Å². The lowest BCUT2D eigenvalue weighted by atomic mass is 10.0. The molecule has 0 spiro atoms. The molecule has 0 radical (unpaired) electrons. The molecule has 0 aliphatic rings. The summed E-state index contributed by atoms with van der Waals surface area (Å²) in [5.74, 6) is -1.26. The van der Waals surface area contributed by atoms with Gasteiger partial charge in [0, 0.05) is 6.04 Å². The third kappa shape index (κ3) is 3.44. The van der Waals surface area contributed by atoms with Crippen LogP contribution in [-0.2, 0) is 0 Å². The summed E-state index contributed by atoms with van der Waals surface area (Å²) in [6.07, 6.45) is 0.887. The normalized spacial score (nSPS) is 12.5. The number of aromatic carboxylic acids is 1. The van der Waals surface area contributed by atoms with Gasteiger partial charge in [0.05, 0.1) is 11.3 Å². The summed E-state index contributed by atoms with van der Waals surface area (Å²) < 4.78 is 13.6. The molecule has 1 rings (SSSR count). The molecule has 0 aliphatic carbocycles. The second-order valence-electron chi connectivity index (χ2n) is 4.40. The fraction of sp³-hybridized carbons (Fsp3) is 0.462. The average molecular weight is 239 g/mol. The maximum absolute atomic E-state index is 13.6. The van der Waals surface area contributed by atoms with Crippen molar-refractivity contribution in [1.29, 1.82) is 0 Å². The zero-order valence-electron chi connectivity index (χ0n) is 10.3.